The van der Waals surface area contributed by atoms with Crippen molar-refractivity contribution in [2.24, 2.45) is 9.98 Å². The Labute approximate surface area is 187 Å². The van der Waals surface area contributed by atoms with Crippen molar-refractivity contribution in [3.05, 3.63) is 60.2 Å². The van der Waals surface area contributed by atoms with Crippen LogP contribution in [0.25, 0.3) is 0 Å². The number of nitrogens with one attached hydrogen (secondary N) is 1. The molecule has 31 heavy (non-hydrogen) atoms. The molecule has 0 unspecified atom stereocenters. The Balaban J connectivity index is 1.45. The molecule has 2 aliphatic rings. The van der Waals surface area contributed by atoms with Gasteiger partial charge in [-0.3, -0.25) is 4.99 Å². The lowest BCUT2D eigenvalue weighted by Gasteiger charge is -2.35. The number of thioether (sulfide) groups is 1. The van der Waals surface area contributed by atoms with Crippen molar-refractivity contribution in [2.45, 2.75) is 32.4 Å². The molecule has 0 aliphatic carbocycles. The quantitative estimate of drug-likeness (QED) is 0.712. The molecule has 0 saturated carbocycles. The molecule has 0 bridgehead atoms. The predicted octanol–water partition coefficient (Wildman–Crippen LogP) is 5.06. The molecule has 1 fully saturated rings. The van der Waals surface area contributed by atoms with E-state index < -0.39 is 5.66 Å². The Morgan fingerprint density at radius 1 is 1.06 bits per heavy atom. The number of hydrogen-bond donors (Lipinski definition) is 1. The van der Waals surface area contributed by atoms with E-state index in [4.69, 9.17) is 14.7 Å². The molecule has 2 aliphatic heterocycles. The van der Waals surface area contributed by atoms with Crippen molar-refractivity contribution in [3.8, 4) is 5.75 Å². The Morgan fingerprint density at radius 3 is 2.48 bits per heavy atom. The van der Waals surface area contributed by atoms with E-state index in [9.17, 15) is 4.79 Å². The van der Waals surface area contributed by atoms with Crippen LogP contribution in [0, 0.1) is 0 Å². The maximum absolute atomic E-state index is 12.9. The zero-order chi connectivity index (χ0) is 21.7. The van der Waals surface area contributed by atoms with Crippen LogP contribution in [0.3, 0.4) is 0 Å². The number of carbonyl (C=O) groups excluding carboxylic acids is 1. The summed E-state index contributed by atoms with van der Waals surface area (Å²) in [6.45, 7) is 5.84. The lowest BCUT2D eigenvalue weighted by atomic mass is 9.98. The van der Waals surface area contributed by atoms with Crippen molar-refractivity contribution in [2.75, 3.05) is 30.8 Å². The first-order chi connectivity index (χ1) is 15.1. The number of piperidine rings is 1. The predicted molar refractivity (Wildman–Crippen MR) is 129 cm³/mol. The Kier molecular flexibility index (Phi) is 6.61. The summed E-state index contributed by atoms with van der Waals surface area (Å²) in [6, 6.07) is 17.7. The van der Waals surface area contributed by atoms with Gasteiger partial charge in [0.1, 0.15) is 10.8 Å². The molecule has 2 aromatic rings. The average molecular weight is 437 g/mol. The number of urea groups is 1. The Hall–Kier alpha value is -2.80. The van der Waals surface area contributed by atoms with Crippen LogP contribution in [0.2, 0.25) is 0 Å². The minimum Gasteiger partial charge on any atom is -0.492 e. The van der Waals surface area contributed by atoms with E-state index in [0.717, 1.165) is 34.9 Å². The molecular formula is C24H28N4O2S. The molecule has 6 nitrogen and oxygen atoms in total. The molecule has 4 rings (SSSR count). The third-order valence-corrected chi connectivity index (χ3v) is 6.29. The summed E-state index contributed by atoms with van der Waals surface area (Å²) in [5.74, 6) is 1.64. The highest BCUT2D eigenvalue weighted by Gasteiger charge is 2.40. The van der Waals surface area contributed by atoms with Crippen LogP contribution < -0.4 is 10.1 Å². The largest absolute Gasteiger partial charge is 0.492 e. The van der Waals surface area contributed by atoms with E-state index in [2.05, 4.69) is 24.4 Å². The standard InChI is InChI=1S/C24H28N4O2S/c1-3-30-20-13-9-8-12-19(20)25-23(29)28-16-14-24(15-17-28)26-21(22(27-24)31-4-2)18-10-6-5-7-11-18/h5-13H,3-4,14-17H2,1-2H3,(H,25,29). The van der Waals surface area contributed by atoms with Crippen molar-refractivity contribution < 1.29 is 9.53 Å². The molecule has 1 saturated heterocycles. The van der Waals surface area contributed by atoms with Crippen LogP contribution in [0.15, 0.2) is 64.6 Å². The first-order valence-corrected chi connectivity index (χ1v) is 11.8. The van der Waals surface area contributed by atoms with Gasteiger partial charge in [-0.25, -0.2) is 9.79 Å². The van der Waals surface area contributed by atoms with Crippen molar-refractivity contribution in [3.63, 3.8) is 0 Å². The lowest BCUT2D eigenvalue weighted by molar-refractivity contribution is 0.175. The highest BCUT2D eigenvalue weighted by atomic mass is 32.2. The fourth-order valence-corrected chi connectivity index (χ4v) is 4.69. The van der Waals surface area contributed by atoms with Crippen LogP contribution in [0.1, 0.15) is 32.3 Å². The van der Waals surface area contributed by atoms with Crippen molar-refractivity contribution in [1.82, 2.24) is 4.90 Å². The molecule has 0 aromatic heterocycles. The van der Waals surface area contributed by atoms with E-state index in [1.165, 1.54) is 0 Å². The molecule has 7 heteroatoms. The summed E-state index contributed by atoms with van der Waals surface area (Å²) in [6.07, 6.45) is 1.44. The number of aliphatic imine (C=N–C) groups is 2. The van der Waals surface area contributed by atoms with E-state index in [-0.39, 0.29) is 6.03 Å². The van der Waals surface area contributed by atoms with Gasteiger partial charge in [-0.1, -0.05) is 49.4 Å². The minimum absolute atomic E-state index is 0.112. The number of benzene rings is 2. The molecule has 0 atom stereocenters. The minimum atomic E-state index is -0.456. The fourth-order valence-electron chi connectivity index (χ4n) is 3.88. The second-order valence-corrected chi connectivity index (χ2v) is 8.76. The van der Waals surface area contributed by atoms with Gasteiger partial charge in [-0.05, 0) is 24.8 Å². The maximum atomic E-state index is 12.9. The van der Waals surface area contributed by atoms with Gasteiger partial charge in [0.25, 0.3) is 0 Å². The number of amides is 2. The molecule has 1 N–H and O–H groups in total. The third-order valence-electron chi connectivity index (χ3n) is 5.44. The zero-order valence-corrected chi connectivity index (χ0v) is 18.8. The van der Waals surface area contributed by atoms with Crippen molar-refractivity contribution in [1.29, 1.82) is 0 Å². The number of carbonyl (C=O) groups is 1. The topological polar surface area (TPSA) is 66.3 Å². The molecule has 162 valence electrons. The second-order valence-electron chi connectivity index (χ2n) is 7.51. The van der Waals surface area contributed by atoms with Crippen LogP contribution in [-0.4, -0.2) is 52.8 Å². The molecule has 2 heterocycles. The van der Waals surface area contributed by atoms with Gasteiger partial charge >= 0.3 is 6.03 Å². The number of nitrogens with zero attached hydrogens (tertiary/aromatic N) is 3. The summed E-state index contributed by atoms with van der Waals surface area (Å²) >= 11 is 1.74. The molecule has 2 aromatic carbocycles. The van der Waals surface area contributed by atoms with Crippen molar-refractivity contribution >= 4 is 34.2 Å². The first-order valence-electron chi connectivity index (χ1n) is 10.8. The second kappa shape index (κ2) is 9.56. The summed E-state index contributed by atoms with van der Waals surface area (Å²) in [4.78, 5) is 24.8. The number of para-hydroxylation sites is 2. The van der Waals surface area contributed by atoms with Gasteiger partial charge in [-0.2, -0.15) is 0 Å². The Bertz CT molecular complexity index is 982. The van der Waals surface area contributed by atoms with E-state index in [1.54, 1.807) is 11.8 Å². The molecule has 1 spiro atoms. The van der Waals surface area contributed by atoms with Gasteiger partial charge in [0, 0.05) is 31.5 Å². The number of rotatable bonds is 5. The van der Waals surface area contributed by atoms with Crippen LogP contribution in [0.5, 0.6) is 5.75 Å². The van der Waals surface area contributed by atoms with Gasteiger partial charge in [-0.15, -0.1) is 11.8 Å². The third kappa shape index (κ3) is 4.77. The van der Waals surface area contributed by atoms with Crippen LogP contribution in [0.4, 0.5) is 10.5 Å². The fraction of sp³-hybridized carbons (Fsp3) is 0.375. The number of anilines is 1. The van der Waals surface area contributed by atoms with Gasteiger partial charge in [0.15, 0.2) is 5.66 Å². The van der Waals surface area contributed by atoms with E-state index in [1.807, 2.05) is 54.3 Å². The first kappa shape index (κ1) is 21.4. The molecular weight excluding hydrogens is 408 g/mol. The number of ether oxygens (including phenoxy) is 1. The number of hydrogen-bond acceptors (Lipinski definition) is 5. The van der Waals surface area contributed by atoms with Gasteiger partial charge < -0.3 is 15.0 Å². The monoisotopic (exact) mass is 436 g/mol. The lowest BCUT2D eigenvalue weighted by Crippen LogP contribution is -2.46. The zero-order valence-electron chi connectivity index (χ0n) is 18.0. The van der Waals surface area contributed by atoms with Gasteiger partial charge in [0.05, 0.1) is 18.0 Å². The van der Waals surface area contributed by atoms with Gasteiger partial charge in [0.2, 0.25) is 0 Å². The van der Waals surface area contributed by atoms with Crippen LogP contribution >= 0.6 is 11.8 Å². The highest BCUT2D eigenvalue weighted by molar-refractivity contribution is 8.15. The summed E-state index contributed by atoms with van der Waals surface area (Å²) in [5, 5.41) is 4.01. The van der Waals surface area contributed by atoms with Crippen LogP contribution in [-0.2, 0) is 0 Å². The molecule has 2 amide bonds. The maximum Gasteiger partial charge on any atom is 0.321 e. The smallest absolute Gasteiger partial charge is 0.321 e. The SMILES string of the molecule is CCOc1ccccc1NC(=O)N1CCC2(CC1)N=C(SCC)C(c1ccccc1)=N2. The van der Waals surface area contributed by atoms with E-state index >= 15 is 0 Å². The Morgan fingerprint density at radius 2 is 1.77 bits per heavy atom. The summed E-state index contributed by atoms with van der Waals surface area (Å²) < 4.78 is 5.62. The average Bonchev–Trinajstić information content (AvgIpc) is 3.14. The van der Waals surface area contributed by atoms with E-state index in [0.29, 0.717) is 31.1 Å². The molecule has 0 radical (unpaired) electrons. The highest BCUT2D eigenvalue weighted by Crippen LogP contribution is 2.36. The number of likely N-dealkylation sites (tertiary alicyclic amines) is 1. The summed E-state index contributed by atoms with van der Waals surface area (Å²) in [7, 11) is 0. The summed E-state index contributed by atoms with van der Waals surface area (Å²) in [5.41, 5.74) is 2.32. The normalized spacial score (nSPS) is 17.3.